The molecule has 0 unspecified atom stereocenters. The van der Waals surface area contributed by atoms with E-state index in [1.54, 1.807) is 18.2 Å². The summed E-state index contributed by atoms with van der Waals surface area (Å²) < 4.78 is 71.4. The van der Waals surface area contributed by atoms with Gasteiger partial charge >= 0.3 is 36.4 Å². The summed E-state index contributed by atoms with van der Waals surface area (Å²) in [7, 11) is 0. The topological polar surface area (TPSA) is 3.88 Å². The second kappa shape index (κ2) is 3.25. The molecule has 0 bridgehead atoms. The molecule has 0 radical (unpaired) electrons. The first-order valence-corrected chi connectivity index (χ1v) is 8.82. The van der Waals surface area contributed by atoms with E-state index in [1.165, 1.54) is 12.4 Å². The Morgan fingerprint density at radius 1 is 0.714 bits per heavy atom. The van der Waals surface area contributed by atoms with Gasteiger partial charge in [-0.1, -0.05) is 6.07 Å². The fourth-order valence-corrected chi connectivity index (χ4v) is 0.378. The summed E-state index contributed by atoms with van der Waals surface area (Å²) >= 11 is -11.2. The third-order valence-electron chi connectivity index (χ3n) is 0.679. The van der Waals surface area contributed by atoms with Crippen molar-refractivity contribution in [3.63, 3.8) is 0 Å². The standard InChI is InChI=1S/C5H5FN.6FH.Sb/c6-7-4-2-1-3-5-7;;;;;;;/h1-5H;6*1H;/q+1;;;;;;;+5/p-6. The van der Waals surface area contributed by atoms with Crippen molar-refractivity contribution >= 4 is 19.5 Å². The van der Waals surface area contributed by atoms with Gasteiger partial charge in [0, 0.05) is 16.9 Å². The van der Waals surface area contributed by atoms with Crippen LogP contribution < -0.4 is 4.79 Å². The molecule has 1 aromatic heterocycles. The van der Waals surface area contributed by atoms with E-state index >= 15 is 0 Å². The normalized spacial score (nSPS) is 15.9. The van der Waals surface area contributed by atoms with Gasteiger partial charge in [-0.25, -0.2) is 0 Å². The molecule has 0 aromatic carbocycles. The Balaban J connectivity index is 0.000000241. The van der Waals surface area contributed by atoms with Crippen LogP contribution in [0.5, 0.6) is 0 Å². The number of halogens is 7. The predicted octanol–water partition coefficient (Wildman–Crippen LogP) is 2.85. The van der Waals surface area contributed by atoms with Crippen LogP contribution in [0.25, 0.3) is 0 Å². The Hall–Kier alpha value is -0.522. The van der Waals surface area contributed by atoms with Crippen LogP contribution in [-0.4, -0.2) is 19.5 Å². The van der Waals surface area contributed by atoms with E-state index in [9.17, 15) is 21.4 Å². The number of hydrogen-bond donors (Lipinski definition) is 0. The van der Waals surface area contributed by atoms with Crippen molar-refractivity contribution in [2.75, 3.05) is 0 Å². The van der Waals surface area contributed by atoms with Gasteiger partial charge in [-0.15, -0.1) is 0 Å². The van der Waals surface area contributed by atoms with E-state index in [2.05, 4.69) is 0 Å². The molecule has 0 aliphatic rings. The van der Waals surface area contributed by atoms with Gasteiger partial charge in [0.25, 0.3) is 0 Å². The van der Waals surface area contributed by atoms with Crippen molar-refractivity contribution in [1.82, 2.24) is 0 Å². The van der Waals surface area contributed by atoms with Gasteiger partial charge in [-0.05, 0) is 0 Å². The average Bonchev–Trinajstić information content (AvgIpc) is 1.81. The molecule has 0 fully saturated rings. The summed E-state index contributed by atoms with van der Waals surface area (Å²) in [5.74, 6) is 0. The predicted molar refractivity (Wildman–Crippen MR) is 35.5 cm³/mol. The summed E-state index contributed by atoms with van der Waals surface area (Å²) in [4.78, 5) is 0.500. The van der Waals surface area contributed by atoms with Gasteiger partial charge < -0.3 is 0 Å². The fourth-order valence-electron chi connectivity index (χ4n) is 0.378. The molecule has 0 aliphatic carbocycles. The molecule has 0 spiro atoms. The minimum atomic E-state index is -11.2. The van der Waals surface area contributed by atoms with Crippen molar-refractivity contribution < 1.29 is 26.1 Å². The molecule has 84 valence electrons. The van der Waals surface area contributed by atoms with Gasteiger partial charge in [0.05, 0.1) is 4.48 Å². The number of hydrogen-bond acceptors (Lipinski definition) is 0. The summed E-state index contributed by atoms with van der Waals surface area (Å²) in [5.41, 5.74) is 0. The van der Waals surface area contributed by atoms with Crippen molar-refractivity contribution in [3.8, 4) is 0 Å². The van der Waals surface area contributed by atoms with Crippen LogP contribution in [0.4, 0.5) is 21.4 Å². The van der Waals surface area contributed by atoms with Crippen LogP contribution in [0.15, 0.2) is 30.6 Å². The zero-order valence-corrected chi connectivity index (χ0v) is 8.98. The molecule has 1 aromatic rings. The molecule has 0 N–H and O–H groups in total. The van der Waals surface area contributed by atoms with E-state index in [-0.39, 0.29) is 0 Å². The Morgan fingerprint density at radius 2 is 1.00 bits per heavy atom. The maximum absolute atomic E-state index is 11.8. The Labute approximate surface area is 76.6 Å². The van der Waals surface area contributed by atoms with Crippen molar-refractivity contribution in [3.05, 3.63) is 30.6 Å². The van der Waals surface area contributed by atoms with Crippen molar-refractivity contribution in [2.24, 2.45) is 0 Å². The van der Waals surface area contributed by atoms with Gasteiger partial charge in [-0.2, -0.15) is 0 Å². The second-order valence-electron chi connectivity index (χ2n) is 2.18. The average molecular weight is 334 g/mol. The van der Waals surface area contributed by atoms with Crippen LogP contribution in [0.1, 0.15) is 0 Å². The summed E-state index contributed by atoms with van der Waals surface area (Å²) in [5, 5.41) is 0. The van der Waals surface area contributed by atoms with Crippen molar-refractivity contribution in [1.29, 1.82) is 0 Å². The Bertz CT molecular complexity index is 278. The van der Waals surface area contributed by atoms with Crippen LogP contribution in [0.2, 0.25) is 0 Å². The molecule has 1 nitrogen and oxygen atoms in total. The van der Waals surface area contributed by atoms with Gasteiger partial charge in [0.15, 0.2) is 0 Å². The van der Waals surface area contributed by atoms with E-state index in [4.69, 9.17) is 0 Å². The first-order valence-electron chi connectivity index (χ1n) is 3.03. The molecule has 14 heavy (non-hydrogen) atoms. The molecule has 0 atom stereocenters. The van der Waals surface area contributed by atoms with Gasteiger partial charge in [0.2, 0.25) is 12.4 Å². The third-order valence-corrected chi connectivity index (χ3v) is 0.679. The number of nitrogens with zero attached hydrogens (tertiary/aromatic N) is 1. The summed E-state index contributed by atoms with van der Waals surface area (Å²) in [6, 6.07) is 5.01. The second-order valence-corrected chi connectivity index (χ2v) is 7.65. The van der Waals surface area contributed by atoms with E-state index in [0.29, 0.717) is 4.79 Å². The first-order chi connectivity index (χ1) is 5.84. The molecule has 0 saturated heterocycles. The number of aromatic nitrogens is 1. The van der Waals surface area contributed by atoms with Crippen LogP contribution in [0, 0.1) is 0 Å². The summed E-state index contributed by atoms with van der Waals surface area (Å²) in [6.45, 7) is 0. The molecular weight excluding hydrogens is 329 g/mol. The first kappa shape index (κ1) is 13.5. The Kier molecular flexibility index (Phi) is 3.13. The van der Waals surface area contributed by atoms with Crippen LogP contribution >= 0.6 is 0 Å². The molecule has 1 heterocycles. The van der Waals surface area contributed by atoms with Crippen molar-refractivity contribution in [2.45, 2.75) is 0 Å². The fraction of sp³-hybridized carbons (Fsp3) is 0. The van der Waals surface area contributed by atoms with E-state index < -0.39 is 19.5 Å². The maximum atomic E-state index is 11.8. The van der Waals surface area contributed by atoms with E-state index in [1.807, 2.05) is 0 Å². The van der Waals surface area contributed by atoms with Gasteiger partial charge in [-0.3, -0.25) is 0 Å². The molecule has 0 aliphatic heterocycles. The monoisotopic (exact) mass is 333 g/mol. The Morgan fingerprint density at radius 3 is 1.14 bits per heavy atom. The third kappa shape index (κ3) is 22.5. The van der Waals surface area contributed by atoms with Crippen LogP contribution in [0.3, 0.4) is 0 Å². The molecule has 1 rings (SSSR count). The van der Waals surface area contributed by atoms with Crippen LogP contribution in [-0.2, 0) is 0 Å². The molecular formula is C5H5F7NSb. The molecule has 0 amide bonds. The van der Waals surface area contributed by atoms with Gasteiger partial charge in [0.1, 0.15) is 0 Å². The van der Waals surface area contributed by atoms with E-state index in [0.717, 1.165) is 0 Å². The summed E-state index contributed by atoms with van der Waals surface area (Å²) in [6.07, 6.45) is 2.67. The zero-order valence-electron chi connectivity index (χ0n) is 6.43. The quantitative estimate of drug-likeness (QED) is 0.508. The number of pyridine rings is 1. The minimum absolute atomic E-state index is 0.500. The number of rotatable bonds is 0. The zero-order chi connectivity index (χ0) is 11.5. The molecule has 9 heteroatoms. The SMILES string of the molecule is F[n+]1ccccc1.[F][Sb-]([F])([F])([F])([F])[F]. The molecule has 0 saturated carbocycles.